The van der Waals surface area contributed by atoms with Gasteiger partial charge in [-0.1, -0.05) is 48.9 Å². The highest BCUT2D eigenvalue weighted by molar-refractivity contribution is 7.90. The van der Waals surface area contributed by atoms with Crippen LogP contribution < -0.4 is 30.1 Å². The topological polar surface area (TPSA) is 197 Å². The molecule has 1 saturated heterocycles. The highest BCUT2D eigenvalue weighted by atomic mass is 32.2. The minimum Gasteiger partial charge on any atom is -0.497 e. The predicted molar refractivity (Wildman–Crippen MR) is 247 cm³/mol. The number of aromatic nitrogens is 3. The van der Waals surface area contributed by atoms with Gasteiger partial charge in [0.25, 0.3) is 21.8 Å². The van der Waals surface area contributed by atoms with Crippen LogP contribution in [0.4, 0.5) is 10.8 Å². The number of fused-ring (bicyclic) bond motifs is 4. The molecular formula is C47H50N8O7S2. The molecule has 1 unspecified atom stereocenters. The third-order valence-corrected chi connectivity index (χ3v) is 14.1. The standard InChI is InChI=1S/C47H50N8O7S2/c1-28(2)49-46-52-39(27-63-46)37-24-41(33-19-18-31(61-3)22-36(33)51-37)62-32-23-40(55(26-32)44(57)38-21-29-13-8-9-15-34(29)50-38)43(56)53-47-25-30(47)14-7-5-4-6-12-20-48-35-16-10-11-17-42(35)64(59,60)54-45(47)58/h7-11,13-19,21-22,24,27-28,30,32,40,48,50H,4-6,12,20,23,25-26H2,1-3H3,(H,49,52)(H,53,56)(H,54,58)/b14-7-/t30?,32-,40+,47-/m1/s1. The highest BCUT2D eigenvalue weighted by Crippen LogP contribution is 2.46. The summed E-state index contributed by atoms with van der Waals surface area (Å²) in [6, 6.07) is 22.1. The number of nitrogens with zero attached hydrogens (tertiary/aromatic N) is 3. The molecule has 3 aliphatic rings. The fourth-order valence-corrected chi connectivity index (χ4v) is 10.6. The van der Waals surface area contributed by atoms with Crippen LogP contribution in [0, 0.1) is 5.92 Å². The van der Waals surface area contributed by atoms with Gasteiger partial charge in [0.15, 0.2) is 5.13 Å². The van der Waals surface area contributed by atoms with E-state index >= 15 is 0 Å². The number of carbonyl (C=O) groups is 3. The van der Waals surface area contributed by atoms with Crippen LogP contribution in [-0.2, 0) is 19.6 Å². The predicted octanol–water partition coefficient (Wildman–Crippen LogP) is 7.25. The Morgan fingerprint density at radius 2 is 1.81 bits per heavy atom. The van der Waals surface area contributed by atoms with Crippen LogP contribution in [0.3, 0.4) is 0 Å². The lowest BCUT2D eigenvalue weighted by atomic mass is 10.1. The Balaban J connectivity index is 1.04. The van der Waals surface area contributed by atoms with Gasteiger partial charge in [0.05, 0.1) is 30.6 Å². The molecule has 1 saturated carbocycles. The van der Waals surface area contributed by atoms with Crippen molar-refractivity contribution in [1.82, 2.24) is 29.9 Å². The molecule has 17 heteroatoms. The number of allylic oxidation sites excluding steroid dienone is 1. The van der Waals surface area contributed by atoms with Gasteiger partial charge in [0.2, 0.25) is 5.91 Å². The lowest BCUT2D eigenvalue weighted by Gasteiger charge is -2.26. The number of hydrogen-bond donors (Lipinski definition) is 5. The number of amides is 3. The van der Waals surface area contributed by atoms with Gasteiger partial charge in [0.1, 0.15) is 45.5 Å². The molecule has 332 valence electrons. The van der Waals surface area contributed by atoms with E-state index in [1.54, 1.807) is 31.4 Å². The molecule has 0 spiro atoms. The zero-order chi connectivity index (χ0) is 44.6. The van der Waals surface area contributed by atoms with E-state index < -0.39 is 51.3 Å². The molecule has 1 aliphatic carbocycles. The summed E-state index contributed by atoms with van der Waals surface area (Å²) in [5, 5.41) is 13.7. The van der Waals surface area contributed by atoms with Crippen LogP contribution in [0.5, 0.6) is 11.5 Å². The quantitative estimate of drug-likeness (QED) is 0.0917. The van der Waals surface area contributed by atoms with E-state index in [2.05, 4.69) is 25.7 Å². The van der Waals surface area contributed by atoms with Gasteiger partial charge in [0, 0.05) is 58.7 Å². The van der Waals surface area contributed by atoms with Crippen LogP contribution in [0.25, 0.3) is 33.2 Å². The Hall–Kier alpha value is -6.46. The van der Waals surface area contributed by atoms with E-state index in [0.29, 0.717) is 46.0 Å². The number of ether oxygens (including phenoxy) is 2. The Bertz CT molecular complexity index is 2860. The number of H-pyrrole nitrogens is 1. The normalized spacial score (nSPS) is 22.6. The summed E-state index contributed by atoms with van der Waals surface area (Å²) < 4.78 is 42.4. The lowest BCUT2D eigenvalue weighted by Crippen LogP contribution is -2.56. The number of pyridine rings is 1. The first-order valence-corrected chi connectivity index (χ1v) is 23.9. The first-order valence-electron chi connectivity index (χ1n) is 21.6. The van der Waals surface area contributed by atoms with Crippen LogP contribution in [0.2, 0.25) is 0 Å². The lowest BCUT2D eigenvalue weighted by molar-refractivity contribution is -0.131. The first kappa shape index (κ1) is 42.8. The molecule has 9 rings (SSSR count). The molecule has 0 bridgehead atoms. The Labute approximate surface area is 375 Å². The van der Waals surface area contributed by atoms with Crippen molar-refractivity contribution in [3.63, 3.8) is 0 Å². The van der Waals surface area contributed by atoms with E-state index in [1.807, 2.05) is 79.9 Å². The Morgan fingerprint density at radius 1 is 0.984 bits per heavy atom. The third-order valence-electron chi connectivity index (χ3n) is 11.9. The number of sulfonamides is 1. The second kappa shape index (κ2) is 17.6. The highest BCUT2D eigenvalue weighted by Gasteiger charge is 2.61. The molecule has 5 N–H and O–H groups in total. The van der Waals surface area contributed by atoms with Gasteiger partial charge in [-0.25, -0.2) is 23.1 Å². The van der Waals surface area contributed by atoms with E-state index in [4.69, 9.17) is 19.4 Å². The van der Waals surface area contributed by atoms with Gasteiger partial charge in [-0.2, -0.15) is 0 Å². The largest absolute Gasteiger partial charge is 0.497 e. The maximum Gasteiger partial charge on any atom is 0.271 e. The molecule has 2 aliphatic heterocycles. The van der Waals surface area contributed by atoms with E-state index in [1.165, 1.54) is 22.3 Å². The van der Waals surface area contributed by atoms with Gasteiger partial charge in [-0.15, -0.1) is 11.3 Å². The zero-order valence-electron chi connectivity index (χ0n) is 35.7. The molecule has 2 fully saturated rings. The maximum absolute atomic E-state index is 14.8. The molecule has 3 aromatic carbocycles. The van der Waals surface area contributed by atoms with Crippen molar-refractivity contribution in [2.75, 3.05) is 30.8 Å². The number of thiazole rings is 1. The van der Waals surface area contributed by atoms with Crippen molar-refractivity contribution in [3.05, 3.63) is 102 Å². The van der Waals surface area contributed by atoms with Crippen LogP contribution >= 0.6 is 11.3 Å². The fourth-order valence-electron chi connectivity index (χ4n) is 8.56. The number of methoxy groups -OCH3 is 1. The van der Waals surface area contributed by atoms with Crippen molar-refractivity contribution >= 4 is 71.7 Å². The third kappa shape index (κ3) is 8.73. The fraction of sp³-hybridized carbons (Fsp3) is 0.340. The molecule has 6 aromatic rings. The van der Waals surface area contributed by atoms with Crippen molar-refractivity contribution in [2.24, 2.45) is 5.92 Å². The van der Waals surface area contributed by atoms with Crippen molar-refractivity contribution < 1.29 is 32.3 Å². The van der Waals surface area contributed by atoms with Crippen LogP contribution in [-0.4, -0.2) is 89.9 Å². The summed E-state index contributed by atoms with van der Waals surface area (Å²) in [4.78, 5) is 58.0. The Kier molecular flexibility index (Phi) is 11.8. The second-order valence-corrected chi connectivity index (χ2v) is 19.4. The molecule has 3 amide bonds. The minimum atomic E-state index is -4.36. The zero-order valence-corrected chi connectivity index (χ0v) is 37.4. The number of rotatable bonds is 9. The number of carbonyl (C=O) groups excluding carboxylic acids is 3. The number of anilines is 2. The summed E-state index contributed by atoms with van der Waals surface area (Å²) in [6.07, 6.45) is 6.88. The monoisotopic (exact) mass is 902 g/mol. The molecule has 0 radical (unpaired) electrons. The first-order chi connectivity index (χ1) is 30.9. The van der Waals surface area contributed by atoms with Gasteiger partial charge < -0.3 is 35.3 Å². The number of aromatic amines is 1. The molecule has 64 heavy (non-hydrogen) atoms. The van der Waals surface area contributed by atoms with Gasteiger partial charge >= 0.3 is 0 Å². The van der Waals surface area contributed by atoms with E-state index in [-0.39, 0.29) is 36.0 Å². The van der Waals surface area contributed by atoms with Crippen LogP contribution in [0.15, 0.2) is 101 Å². The maximum atomic E-state index is 14.8. The average molecular weight is 903 g/mol. The average Bonchev–Trinajstić information content (AvgIpc) is 3.64. The minimum absolute atomic E-state index is 0.0292. The number of para-hydroxylation sites is 2. The summed E-state index contributed by atoms with van der Waals surface area (Å²) in [6.45, 7) is 4.68. The van der Waals surface area contributed by atoms with Gasteiger partial charge in [-0.3, -0.25) is 14.4 Å². The SMILES string of the molecule is COc1ccc2c(O[C@@H]3C[C@@H](C(=O)N[C@]45CC4/C=C\CCCCCNc4ccccc4S(=O)(=O)NC5=O)N(C(=O)c4cc5ccccc5[nH]4)C3)cc(-c3csc(NC(C)C)n3)nc2c1. The number of likely N-dealkylation sites (tertiary alicyclic amines) is 1. The molecule has 4 atom stereocenters. The Morgan fingerprint density at radius 3 is 2.64 bits per heavy atom. The van der Waals surface area contributed by atoms with Crippen LogP contribution in [0.1, 0.15) is 62.9 Å². The second-order valence-electron chi connectivity index (χ2n) is 16.9. The summed E-state index contributed by atoms with van der Waals surface area (Å²) in [5.41, 5.74) is 1.67. The summed E-state index contributed by atoms with van der Waals surface area (Å²) in [7, 11) is -2.78. The summed E-state index contributed by atoms with van der Waals surface area (Å²) >= 11 is 1.47. The molecule has 3 aromatic heterocycles. The molecular weight excluding hydrogens is 853 g/mol. The van der Waals surface area contributed by atoms with Crippen molar-refractivity contribution in [1.29, 1.82) is 0 Å². The van der Waals surface area contributed by atoms with Crippen molar-refractivity contribution in [3.8, 4) is 22.9 Å². The van der Waals surface area contributed by atoms with Gasteiger partial charge in [-0.05, 0) is 75.9 Å². The summed E-state index contributed by atoms with van der Waals surface area (Å²) in [5.74, 6) is -1.27. The van der Waals surface area contributed by atoms with E-state index in [0.717, 1.165) is 41.7 Å². The number of hydrogen-bond acceptors (Lipinski definition) is 12. The molecule has 15 nitrogen and oxygen atoms in total. The number of nitrogens with one attached hydrogen (secondary N) is 5. The molecule has 5 heterocycles. The number of benzene rings is 3. The van der Waals surface area contributed by atoms with Crippen molar-refractivity contribution in [2.45, 2.75) is 81.0 Å². The smallest absolute Gasteiger partial charge is 0.271 e. The van der Waals surface area contributed by atoms with E-state index in [9.17, 15) is 22.8 Å².